The van der Waals surface area contributed by atoms with Crippen molar-refractivity contribution >= 4 is 16.8 Å². The summed E-state index contributed by atoms with van der Waals surface area (Å²) in [7, 11) is -0.845. The molecule has 0 fully saturated rings. The molecule has 3 nitrogen and oxygen atoms in total. The fourth-order valence-corrected chi connectivity index (χ4v) is 2.05. The van der Waals surface area contributed by atoms with Gasteiger partial charge in [0.05, 0.1) is 13.0 Å². The van der Waals surface area contributed by atoms with Crippen molar-refractivity contribution in [2.75, 3.05) is 18.1 Å². The van der Waals surface area contributed by atoms with Crippen LogP contribution in [0.1, 0.15) is 33.1 Å². The highest BCUT2D eigenvalue weighted by Crippen LogP contribution is 1.95. The molecule has 0 heterocycles. The second kappa shape index (κ2) is 8.23. The van der Waals surface area contributed by atoms with Gasteiger partial charge < -0.3 is 4.74 Å². The van der Waals surface area contributed by atoms with E-state index in [-0.39, 0.29) is 12.4 Å². The molecular weight excluding hydrogens is 188 g/mol. The second-order valence-electron chi connectivity index (χ2n) is 2.76. The van der Waals surface area contributed by atoms with Crippen LogP contribution in [-0.4, -0.2) is 28.3 Å². The molecule has 4 heteroatoms. The third kappa shape index (κ3) is 7.96. The van der Waals surface area contributed by atoms with Crippen LogP contribution in [0.5, 0.6) is 0 Å². The van der Waals surface area contributed by atoms with Crippen molar-refractivity contribution in [3.8, 4) is 0 Å². The van der Waals surface area contributed by atoms with E-state index in [9.17, 15) is 9.00 Å². The molecule has 0 aromatic carbocycles. The minimum Gasteiger partial charge on any atom is -0.466 e. The summed E-state index contributed by atoms with van der Waals surface area (Å²) >= 11 is 0. The maximum absolute atomic E-state index is 11.2. The van der Waals surface area contributed by atoms with Crippen molar-refractivity contribution in [1.29, 1.82) is 0 Å². The van der Waals surface area contributed by atoms with Gasteiger partial charge in [-0.1, -0.05) is 13.3 Å². The van der Waals surface area contributed by atoms with Gasteiger partial charge in [0.25, 0.3) is 0 Å². The third-order valence-electron chi connectivity index (χ3n) is 1.56. The van der Waals surface area contributed by atoms with E-state index in [2.05, 4.69) is 6.92 Å². The Labute approximate surface area is 82.3 Å². The molecule has 0 radical (unpaired) electrons. The quantitative estimate of drug-likeness (QED) is 0.593. The van der Waals surface area contributed by atoms with Crippen molar-refractivity contribution in [3.63, 3.8) is 0 Å². The Morgan fingerprint density at radius 3 is 2.54 bits per heavy atom. The number of esters is 1. The molecule has 13 heavy (non-hydrogen) atoms. The zero-order valence-electron chi connectivity index (χ0n) is 8.38. The van der Waals surface area contributed by atoms with Gasteiger partial charge in [-0.15, -0.1) is 0 Å². The van der Waals surface area contributed by atoms with Gasteiger partial charge >= 0.3 is 5.97 Å². The van der Waals surface area contributed by atoms with Crippen molar-refractivity contribution in [3.05, 3.63) is 0 Å². The van der Waals surface area contributed by atoms with Crippen LogP contribution in [0, 0.1) is 0 Å². The van der Waals surface area contributed by atoms with Crippen LogP contribution in [0.15, 0.2) is 0 Å². The average Bonchev–Trinajstić information content (AvgIpc) is 2.12. The molecule has 0 aliphatic carbocycles. The fraction of sp³-hybridized carbons (Fsp3) is 0.889. The molecule has 0 aliphatic rings. The Bertz CT molecular complexity index is 168. The molecule has 0 saturated carbocycles. The van der Waals surface area contributed by atoms with E-state index in [0.717, 1.165) is 12.8 Å². The van der Waals surface area contributed by atoms with Crippen LogP contribution in [0.4, 0.5) is 0 Å². The Kier molecular flexibility index (Phi) is 7.99. The van der Waals surface area contributed by atoms with Gasteiger partial charge in [-0.25, -0.2) is 0 Å². The predicted octanol–water partition coefficient (Wildman–Crippen LogP) is 1.49. The topological polar surface area (TPSA) is 43.4 Å². The smallest absolute Gasteiger partial charge is 0.306 e. The van der Waals surface area contributed by atoms with Crippen molar-refractivity contribution in [2.24, 2.45) is 0 Å². The van der Waals surface area contributed by atoms with Gasteiger partial charge in [0.15, 0.2) is 0 Å². The van der Waals surface area contributed by atoms with Crippen LogP contribution in [0.3, 0.4) is 0 Å². The minimum atomic E-state index is -0.845. The van der Waals surface area contributed by atoms with Gasteiger partial charge in [0.1, 0.15) is 0 Å². The number of hydrogen-bond donors (Lipinski definition) is 0. The van der Waals surface area contributed by atoms with Gasteiger partial charge in [-0.2, -0.15) is 0 Å². The number of carbonyl (C=O) groups is 1. The first-order valence-electron chi connectivity index (χ1n) is 4.71. The normalized spacial score (nSPS) is 12.5. The number of unbranched alkanes of at least 4 members (excludes halogenated alkanes) is 1. The first-order chi connectivity index (χ1) is 6.20. The van der Waals surface area contributed by atoms with E-state index >= 15 is 0 Å². The van der Waals surface area contributed by atoms with Gasteiger partial charge in [-0.05, 0) is 13.3 Å². The molecule has 78 valence electrons. The third-order valence-corrected chi connectivity index (χ3v) is 2.97. The van der Waals surface area contributed by atoms with E-state index in [0.29, 0.717) is 18.1 Å². The van der Waals surface area contributed by atoms with Crippen molar-refractivity contribution in [2.45, 2.75) is 33.1 Å². The zero-order chi connectivity index (χ0) is 10.1. The van der Waals surface area contributed by atoms with Gasteiger partial charge in [0, 0.05) is 22.3 Å². The minimum absolute atomic E-state index is 0.243. The summed E-state index contributed by atoms with van der Waals surface area (Å²) in [4.78, 5) is 10.9. The van der Waals surface area contributed by atoms with E-state index in [1.807, 2.05) is 0 Å². The summed E-state index contributed by atoms with van der Waals surface area (Å²) in [6, 6.07) is 0. The summed E-state index contributed by atoms with van der Waals surface area (Å²) in [6.07, 6.45) is 2.30. The van der Waals surface area contributed by atoms with Crippen LogP contribution >= 0.6 is 0 Å². The Morgan fingerprint density at radius 2 is 2.00 bits per heavy atom. The maximum atomic E-state index is 11.2. The lowest BCUT2D eigenvalue weighted by atomic mass is 10.4. The Balaban J connectivity index is 3.40. The van der Waals surface area contributed by atoms with Crippen molar-refractivity contribution < 1.29 is 13.7 Å². The van der Waals surface area contributed by atoms with Crippen LogP contribution in [0.25, 0.3) is 0 Å². The summed E-state index contributed by atoms with van der Waals surface area (Å²) in [5, 5.41) is 0. The lowest BCUT2D eigenvalue weighted by molar-refractivity contribution is -0.142. The summed E-state index contributed by atoms with van der Waals surface area (Å²) < 4.78 is 15.9. The number of rotatable bonds is 7. The van der Waals surface area contributed by atoms with Gasteiger partial charge in [0.2, 0.25) is 0 Å². The average molecular weight is 206 g/mol. The van der Waals surface area contributed by atoms with Crippen LogP contribution in [0.2, 0.25) is 0 Å². The molecule has 0 saturated heterocycles. The lowest BCUT2D eigenvalue weighted by Gasteiger charge is -2.01. The monoisotopic (exact) mass is 206 g/mol. The molecule has 0 aliphatic heterocycles. The van der Waals surface area contributed by atoms with E-state index in [1.54, 1.807) is 6.92 Å². The molecular formula is C9H18O3S. The molecule has 0 aromatic heterocycles. The molecule has 0 aromatic rings. The van der Waals surface area contributed by atoms with Crippen LogP contribution in [-0.2, 0) is 20.3 Å². The highest BCUT2D eigenvalue weighted by molar-refractivity contribution is 7.84. The summed E-state index contributed by atoms with van der Waals surface area (Å²) in [5.41, 5.74) is 0. The predicted molar refractivity (Wildman–Crippen MR) is 54.0 cm³/mol. The molecule has 0 rings (SSSR count). The molecule has 0 spiro atoms. The highest BCUT2D eigenvalue weighted by atomic mass is 32.2. The molecule has 0 N–H and O–H groups in total. The first-order valence-corrected chi connectivity index (χ1v) is 6.20. The summed E-state index contributed by atoms with van der Waals surface area (Å²) in [6.45, 7) is 4.23. The maximum Gasteiger partial charge on any atom is 0.306 e. The standard InChI is InChI=1S/C9H18O3S/c1-3-5-7-13(11)8-6-9(10)12-4-2/h3-8H2,1-2H3. The largest absolute Gasteiger partial charge is 0.466 e. The van der Waals surface area contributed by atoms with E-state index in [1.165, 1.54) is 0 Å². The number of ether oxygens (including phenoxy) is 1. The molecule has 1 unspecified atom stereocenters. The zero-order valence-corrected chi connectivity index (χ0v) is 9.19. The summed E-state index contributed by atoms with van der Waals surface area (Å²) in [5.74, 6) is 0.904. The fourth-order valence-electron chi connectivity index (χ4n) is 0.838. The molecule has 0 bridgehead atoms. The first kappa shape index (κ1) is 12.6. The van der Waals surface area contributed by atoms with Crippen molar-refractivity contribution in [1.82, 2.24) is 0 Å². The second-order valence-corrected chi connectivity index (χ2v) is 4.45. The van der Waals surface area contributed by atoms with E-state index in [4.69, 9.17) is 4.74 Å². The van der Waals surface area contributed by atoms with E-state index < -0.39 is 10.8 Å². The van der Waals surface area contributed by atoms with Gasteiger partial charge in [-0.3, -0.25) is 9.00 Å². The number of carbonyl (C=O) groups excluding carboxylic acids is 1. The van der Waals surface area contributed by atoms with Crippen LogP contribution < -0.4 is 0 Å². The lowest BCUT2D eigenvalue weighted by Crippen LogP contribution is -2.10. The Hall–Kier alpha value is -0.380. The number of hydrogen-bond acceptors (Lipinski definition) is 3. The Morgan fingerprint density at radius 1 is 1.31 bits per heavy atom. The SMILES string of the molecule is CCCCS(=O)CCC(=O)OCC. The highest BCUT2D eigenvalue weighted by Gasteiger charge is 2.05. The molecule has 1 atom stereocenters. The molecule has 0 amide bonds.